The van der Waals surface area contributed by atoms with E-state index in [1.165, 1.54) is 18.2 Å². The number of aryl methyl sites for hydroxylation is 1. The third-order valence-corrected chi connectivity index (χ3v) is 2.69. The smallest absolute Gasteiger partial charge is 0.356 e. The van der Waals surface area contributed by atoms with Gasteiger partial charge in [-0.2, -0.15) is 0 Å². The van der Waals surface area contributed by atoms with Crippen molar-refractivity contribution in [2.75, 3.05) is 0 Å². The van der Waals surface area contributed by atoms with Crippen molar-refractivity contribution >= 4 is 17.6 Å². The molecule has 1 N–H and O–H groups in total. The van der Waals surface area contributed by atoms with Crippen molar-refractivity contribution in [3.05, 3.63) is 46.4 Å². The van der Waals surface area contributed by atoms with Crippen molar-refractivity contribution in [3.8, 4) is 11.3 Å². The lowest BCUT2D eigenvalue weighted by Gasteiger charge is -2.04. The molecule has 0 aliphatic heterocycles. The van der Waals surface area contributed by atoms with Gasteiger partial charge in [-0.15, -0.1) is 10.2 Å². The SMILES string of the molecule is Cc1cc(-c2ccc(F)c(Cl)c2)nnc1C(=O)O. The van der Waals surface area contributed by atoms with Gasteiger partial charge in [0.15, 0.2) is 5.69 Å². The van der Waals surface area contributed by atoms with Crippen LogP contribution >= 0.6 is 11.6 Å². The highest BCUT2D eigenvalue weighted by molar-refractivity contribution is 6.31. The number of hydrogen-bond donors (Lipinski definition) is 1. The van der Waals surface area contributed by atoms with E-state index >= 15 is 0 Å². The van der Waals surface area contributed by atoms with Gasteiger partial charge in [-0.05, 0) is 36.8 Å². The minimum atomic E-state index is -1.14. The number of hydrogen-bond acceptors (Lipinski definition) is 3. The van der Waals surface area contributed by atoms with E-state index in [0.29, 0.717) is 16.8 Å². The number of rotatable bonds is 2. The van der Waals surface area contributed by atoms with Crippen molar-refractivity contribution in [3.63, 3.8) is 0 Å². The van der Waals surface area contributed by atoms with Gasteiger partial charge in [0.25, 0.3) is 0 Å². The average Bonchev–Trinajstić information content (AvgIpc) is 2.32. The number of nitrogens with zero attached hydrogens (tertiary/aromatic N) is 2. The van der Waals surface area contributed by atoms with Gasteiger partial charge in [0, 0.05) is 5.56 Å². The fourth-order valence-electron chi connectivity index (χ4n) is 1.49. The molecule has 0 aliphatic rings. The first-order chi connectivity index (χ1) is 8.49. The van der Waals surface area contributed by atoms with Gasteiger partial charge >= 0.3 is 5.97 Å². The molecule has 0 aliphatic carbocycles. The molecule has 0 unspecified atom stereocenters. The van der Waals surface area contributed by atoms with Crippen LogP contribution in [0, 0.1) is 12.7 Å². The molecule has 6 heteroatoms. The Bertz CT molecular complexity index is 631. The van der Waals surface area contributed by atoms with Crippen LogP contribution in [0.15, 0.2) is 24.3 Å². The first kappa shape index (κ1) is 12.4. The quantitative estimate of drug-likeness (QED) is 0.908. The molecule has 1 heterocycles. The normalized spacial score (nSPS) is 10.4. The predicted molar refractivity (Wildman–Crippen MR) is 64.1 cm³/mol. The molecule has 0 spiro atoms. The molecule has 0 atom stereocenters. The van der Waals surface area contributed by atoms with Gasteiger partial charge in [0.2, 0.25) is 0 Å². The lowest BCUT2D eigenvalue weighted by atomic mass is 10.1. The fraction of sp³-hybridized carbons (Fsp3) is 0.0833. The third-order valence-electron chi connectivity index (χ3n) is 2.40. The summed E-state index contributed by atoms with van der Waals surface area (Å²) in [6, 6.07) is 5.71. The summed E-state index contributed by atoms with van der Waals surface area (Å²) >= 11 is 5.67. The predicted octanol–water partition coefficient (Wildman–Crippen LogP) is 2.94. The Hall–Kier alpha value is -2.01. The van der Waals surface area contributed by atoms with Crippen LogP contribution < -0.4 is 0 Å². The molecular weight excluding hydrogens is 259 g/mol. The topological polar surface area (TPSA) is 63.1 Å². The van der Waals surface area contributed by atoms with Crippen LogP contribution in [-0.2, 0) is 0 Å². The zero-order valence-corrected chi connectivity index (χ0v) is 10.1. The van der Waals surface area contributed by atoms with Crippen LogP contribution in [-0.4, -0.2) is 21.3 Å². The van der Waals surface area contributed by atoms with Crippen LogP contribution in [0.25, 0.3) is 11.3 Å². The lowest BCUT2D eigenvalue weighted by Crippen LogP contribution is -2.05. The number of carbonyl (C=O) groups is 1. The number of halogens is 2. The molecule has 2 aromatic rings. The molecule has 1 aromatic carbocycles. The van der Waals surface area contributed by atoms with E-state index in [-0.39, 0.29) is 10.7 Å². The van der Waals surface area contributed by atoms with Gasteiger partial charge in [-0.1, -0.05) is 11.6 Å². The molecule has 1 aromatic heterocycles. The number of aromatic nitrogens is 2. The molecule has 18 heavy (non-hydrogen) atoms. The van der Waals surface area contributed by atoms with E-state index in [1.54, 1.807) is 13.0 Å². The van der Waals surface area contributed by atoms with Crippen molar-refractivity contribution in [2.45, 2.75) is 6.92 Å². The van der Waals surface area contributed by atoms with E-state index in [9.17, 15) is 9.18 Å². The third kappa shape index (κ3) is 2.31. The Morgan fingerprint density at radius 3 is 2.61 bits per heavy atom. The molecule has 0 radical (unpaired) electrons. The van der Waals surface area contributed by atoms with Crippen LogP contribution in [0.1, 0.15) is 16.1 Å². The maximum Gasteiger partial charge on any atom is 0.356 e. The Kier molecular flexibility index (Phi) is 3.25. The highest BCUT2D eigenvalue weighted by Crippen LogP contribution is 2.24. The minimum absolute atomic E-state index is 0.0192. The van der Waals surface area contributed by atoms with Crippen molar-refractivity contribution in [1.29, 1.82) is 0 Å². The molecular formula is C12H8ClFN2O2. The van der Waals surface area contributed by atoms with Crippen LogP contribution in [0.5, 0.6) is 0 Å². The monoisotopic (exact) mass is 266 g/mol. The van der Waals surface area contributed by atoms with Crippen LogP contribution in [0.2, 0.25) is 5.02 Å². The lowest BCUT2D eigenvalue weighted by molar-refractivity contribution is 0.0688. The Labute approximate surface area is 107 Å². The number of carboxylic acid groups (broad SMARTS) is 1. The number of aromatic carboxylic acids is 1. The van der Waals surface area contributed by atoms with E-state index in [0.717, 1.165) is 0 Å². The van der Waals surface area contributed by atoms with E-state index in [2.05, 4.69) is 10.2 Å². The number of benzene rings is 1. The van der Waals surface area contributed by atoms with Crippen molar-refractivity contribution < 1.29 is 14.3 Å². The highest BCUT2D eigenvalue weighted by atomic mass is 35.5. The zero-order valence-electron chi connectivity index (χ0n) is 9.32. The second-order valence-corrected chi connectivity index (χ2v) is 4.10. The van der Waals surface area contributed by atoms with Crippen molar-refractivity contribution in [1.82, 2.24) is 10.2 Å². The summed E-state index contributed by atoms with van der Waals surface area (Å²) in [6.07, 6.45) is 0. The summed E-state index contributed by atoms with van der Waals surface area (Å²) in [4.78, 5) is 10.8. The summed E-state index contributed by atoms with van der Waals surface area (Å²) in [7, 11) is 0. The minimum Gasteiger partial charge on any atom is -0.476 e. The molecule has 0 saturated heterocycles. The Morgan fingerprint density at radius 2 is 2.06 bits per heavy atom. The Balaban J connectivity index is 2.48. The molecule has 0 saturated carbocycles. The summed E-state index contributed by atoms with van der Waals surface area (Å²) in [6.45, 7) is 1.62. The maximum absolute atomic E-state index is 13.0. The second-order valence-electron chi connectivity index (χ2n) is 3.70. The zero-order chi connectivity index (χ0) is 13.3. The summed E-state index contributed by atoms with van der Waals surface area (Å²) in [5, 5.41) is 16.2. The maximum atomic E-state index is 13.0. The van der Waals surface area contributed by atoms with Gasteiger partial charge in [-0.3, -0.25) is 0 Å². The van der Waals surface area contributed by atoms with Gasteiger partial charge in [0.05, 0.1) is 10.7 Å². The molecule has 0 amide bonds. The summed E-state index contributed by atoms with van der Waals surface area (Å²) in [5.74, 6) is -1.66. The van der Waals surface area contributed by atoms with Gasteiger partial charge < -0.3 is 5.11 Å². The first-order valence-corrected chi connectivity index (χ1v) is 5.40. The molecule has 0 bridgehead atoms. The van der Waals surface area contributed by atoms with Gasteiger partial charge in [-0.25, -0.2) is 9.18 Å². The highest BCUT2D eigenvalue weighted by Gasteiger charge is 2.12. The van der Waals surface area contributed by atoms with Crippen LogP contribution in [0.4, 0.5) is 4.39 Å². The summed E-state index contributed by atoms with van der Waals surface area (Å²) < 4.78 is 13.0. The Morgan fingerprint density at radius 1 is 1.33 bits per heavy atom. The van der Waals surface area contributed by atoms with Crippen LogP contribution in [0.3, 0.4) is 0 Å². The summed E-state index contributed by atoms with van der Waals surface area (Å²) in [5.41, 5.74) is 1.40. The standard InChI is InChI=1S/C12H8ClFN2O2/c1-6-4-10(15-16-11(6)12(17)18)7-2-3-9(14)8(13)5-7/h2-5H,1H3,(H,17,18). The largest absolute Gasteiger partial charge is 0.476 e. The van der Waals surface area contributed by atoms with E-state index in [1.807, 2.05) is 0 Å². The molecule has 92 valence electrons. The number of carboxylic acids is 1. The van der Waals surface area contributed by atoms with Crippen molar-refractivity contribution in [2.24, 2.45) is 0 Å². The first-order valence-electron chi connectivity index (χ1n) is 5.02. The molecule has 4 nitrogen and oxygen atoms in total. The molecule has 2 rings (SSSR count). The second kappa shape index (κ2) is 4.70. The van der Waals surface area contributed by atoms with E-state index in [4.69, 9.17) is 16.7 Å². The van der Waals surface area contributed by atoms with Gasteiger partial charge in [0.1, 0.15) is 5.82 Å². The molecule has 0 fully saturated rings. The van der Waals surface area contributed by atoms with E-state index < -0.39 is 11.8 Å². The fourth-order valence-corrected chi connectivity index (χ4v) is 1.67. The average molecular weight is 267 g/mol.